The van der Waals surface area contributed by atoms with Crippen molar-refractivity contribution in [3.05, 3.63) is 36.8 Å². The van der Waals surface area contributed by atoms with Crippen LogP contribution in [0.5, 0.6) is 0 Å². The monoisotopic (exact) mass is 245 g/mol. The van der Waals surface area contributed by atoms with Crippen molar-refractivity contribution >= 4 is 5.69 Å². The van der Waals surface area contributed by atoms with E-state index in [1.54, 1.807) is 12.4 Å². The van der Waals surface area contributed by atoms with E-state index in [1.807, 2.05) is 12.1 Å². The van der Waals surface area contributed by atoms with E-state index in [9.17, 15) is 0 Å². The number of hydrogen-bond acceptors (Lipinski definition) is 3. The third kappa shape index (κ3) is 3.33. The molecule has 0 aromatic carbocycles. The van der Waals surface area contributed by atoms with Crippen molar-refractivity contribution in [2.45, 2.75) is 38.6 Å². The standard InChI is InChI=1S/C15H23N3/c1-11(16)13-3-5-14(6-4-13)12(2)18-15-7-9-17-10-8-15/h7-11,13-14H,2-6,16H2,1H3,(H,17,18)/t11-,13-,14-/m1/s1. The van der Waals surface area contributed by atoms with E-state index in [0.29, 0.717) is 17.9 Å². The molecule has 1 heterocycles. The maximum atomic E-state index is 5.97. The van der Waals surface area contributed by atoms with Crippen LogP contribution in [0.4, 0.5) is 5.69 Å². The second-order valence-corrected chi connectivity index (χ2v) is 5.36. The molecule has 0 saturated heterocycles. The molecular formula is C15H23N3. The molecule has 0 bridgehead atoms. The Balaban J connectivity index is 1.85. The first-order chi connectivity index (χ1) is 8.66. The van der Waals surface area contributed by atoms with Crippen LogP contribution in [0, 0.1) is 11.8 Å². The lowest BCUT2D eigenvalue weighted by molar-refractivity contribution is 0.272. The van der Waals surface area contributed by atoms with Gasteiger partial charge in [-0.2, -0.15) is 0 Å². The Hall–Kier alpha value is -1.35. The highest BCUT2D eigenvalue weighted by molar-refractivity contribution is 5.46. The van der Waals surface area contributed by atoms with Gasteiger partial charge in [-0.25, -0.2) is 0 Å². The Morgan fingerprint density at radius 3 is 2.50 bits per heavy atom. The lowest BCUT2D eigenvalue weighted by Crippen LogP contribution is -2.31. The van der Waals surface area contributed by atoms with Gasteiger partial charge in [0, 0.05) is 29.8 Å². The third-order valence-corrected chi connectivity index (χ3v) is 3.99. The molecule has 3 heteroatoms. The number of allylic oxidation sites excluding steroid dienone is 1. The zero-order valence-corrected chi connectivity index (χ0v) is 11.1. The molecule has 1 fully saturated rings. The summed E-state index contributed by atoms with van der Waals surface area (Å²) in [5.41, 5.74) is 8.17. The van der Waals surface area contributed by atoms with Crippen LogP contribution in [-0.4, -0.2) is 11.0 Å². The first-order valence-electron chi connectivity index (χ1n) is 6.78. The molecule has 0 amide bonds. The Kier molecular flexibility index (Phi) is 4.37. The second kappa shape index (κ2) is 6.01. The van der Waals surface area contributed by atoms with Crippen LogP contribution in [0.25, 0.3) is 0 Å². The minimum Gasteiger partial charge on any atom is -0.359 e. The first-order valence-corrected chi connectivity index (χ1v) is 6.78. The molecule has 1 saturated carbocycles. The molecular weight excluding hydrogens is 222 g/mol. The summed E-state index contributed by atoms with van der Waals surface area (Å²) in [6, 6.07) is 4.27. The van der Waals surface area contributed by atoms with E-state index < -0.39 is 0 Å². The van der Waals surface area contributed by atoms with Crippen molar-refractivity contribution in [1.82, 2.24) is 4.98 Å². The molecule has 18 heavy (non-hydrogen) atoms. The summed E-state index contributed by atoms with van der Waals surface area (Å²) in [6.45, 7) is 6.30. The highest BCUT2D eigenvalue weighted by Gasteiger charge is 2.25. The van der Waals surface area contributed by atoms with Gasteiger partial charge >= 0.3 is 0 Å². The van der Waals surface area contributed by atoms with E-state index in [0.717, 1.165) is 11.4 Å². The Morgan fingerprint density at radius 2 is 1.94 bits per heavy atom. The third-order valence-electron chi connectivity index (χ3n) is 3.99. The number of hydrogen-bond donors (Lipinski definition) is 2. The zero-order chi connectivity index (χ0) is 13.0. The van der Waals surface area contributed by atoms with E-state index in [2.05, 4.69) is 23.8 Å². The quantitative estimate of drug-likeness (QED) is 0.856. The fourth-order valence-electron chi connectivity index (χ4n) is 2.72. The van der Waals surface area contributed by atoms with Crippen LogP contribution >= 0.6 is 0 Å². The van der Waals surface area contributed by atoms with Crippen molar-refractivity contribution in [3.8, 4) is 0 Å². The molecule has 1 aliphatic rings. The van der Waals surface area contributed by atoms with Crippen molar-refractivity contribution in [2.75, 3.05) is 5.32 Å². The number of nitrogens with one attached hydrogen (secondary N) is 1. The summed E-state index contributed by atoms with van der Waals surface area (Å²) < 4.78 is 0. The van der Waals surface area contributed by atoms with Gasteiger partial charge in [-0.15, -0.1) is 0 Å². The Bertz CT molecular complexity index is 378. The Labute approximate surface area is 109 Å². The van der Waals surface area contributed by atoms with Gasteiger partial charge in [0.25, 0.3) is 0 Å². The highest BCUT2D eigenvalue weighted by Crippen LogP contribution is 2.34. The van der Waals surface area contributed by atoms with E-state index >= 15 is 0 Å². The molecule has 0 aliphatic heterocycles. The lowest BCUT2D eigenvalue weighted by Gasteiger charge is -2.32. The van der Waals surface area contributed by atoms with E-state index in [1.165, 1.54) is 25.7 Å². The van der Waals surface area contributed by atoms with Crippen LogP contribution in [0.3, 0.4) is 0 Å². The van der Waals surface area contributed by atoms with Gasteiger partial charge in [0.15, 0.2) is 0 Å². The van der Waals surface area contributed by atoms with Gasteiger partial charge in [0.1, 0.15) is 0 Å². The van der Waals surface area contributed by atoms with Gasteiger partial charge in [-0.1, -0.05) is 6.58 Å². The van der Waals surface area contributed by atoms with Gasteiger partial charge in [0.05, 0.1) is 0 Å². The summed E-state index contributed by atoms with van der Waals surface area (Å²) >= 11 is 0. The summed E-state index contributed by atoms with van der Waals surface area (Å²) in [6.07, 6.45) is 8.43. The van der Waals surface area contributed by atoms with Crippen LogP contribution in [0.2, 0.25) is 0 Å². The molecule has 1 atom stereocenters. The molecule has 3 nitrogen and oxygen atoms in total. The predicted octanol–water partition coefficient (Wildman–Crippen LogP) is 3.16. The first kappa shape index (κ1) is 13.1. The fraction of sp³-hybridized carbons (Fsp3) is 0.533. The number of nitrogens with two attached hydrogens (primary N) is 1. The van der Waals surface area contributed by atoms with Crippen molar-refractivity contribution < 1.29 is 0 Å². The smallest absolute Gasteiger partial charge is 0.0412 e. The van der Waals surface area contributed by atoms with Gasteiger partial charge < -0.3 is 11.1 Å². The summed E-state index contributed by atoms with van der Waals surface area (Å²) in [7, 11) is 0. The SMILES string of the molecule is C=C(Nc1ccncc1)[C@H]1CC[C@H]([C@@H](C)N)CC1. The number of nitrogens with zero attached hydrogens (tertiary/aromatic N) is 1. The summed E-state index contributed by atoms with van der Waals surface area (Å²) in [5, 5.41) is 3.39. The maximum Gasteiger partial charge on any atom is 0.0412 e. The highest BCUT2D eigenvalue weighted by atomic mass is 14.9. The number of rotatable bonds is 4. The predicted molar refractivity (Wildman–Crippen MR) is 76.1 cm³/mol. The molecule has 0 unspecified atom stereocenters. The molecule has 2 rings (SSSR count). The largest absolute Gasteiger partial charge is 0.359 e. The van der Waals surface area contributed by atoms with Crippen molar-refractivity contribution in [1.29, 1.82) is 0 Å². The van der Waals surface area contributed by atoms with E-state index in [4.69, 9.17) is 5.73 Å². The normalized spacial score (nSPS) is 25.4. The number of pyridine rings is 1. The van der Waals surface area contributed by atoms with Crippen molar-refractivity contribution in [3.63, 3.8) is 0 Å². The molecule has 1 aliphatic carbocycles. The van der Waals surface area contributed by atoms with Crippen LogP contribution < -0.4 is 11.1 Å². The van der Waals surface area contributed by atoms with Gasteiger partial charge in [-0.3, -0.25) is 4.98 Å². The molecule has 1 aromatic rings. The molecule has 0 radical (unpaired) electrons. The molecule has 1 aromatic heterocycles. The molecule has 3 N–H and O–H groups in total. The average molecular weight is 245 g/mol. The van der Waals surface area contributed by atoms with Crippen LogP contribution in [-0.2, 0) is 0 Å². The minimum absolute atomic E-state index is 0.326. The topological polar surface area (TPSA) is 50.9 Å². The fourth-order valence-corrected chi connectivity index (χ4v) is 2.72. The molecule has 0 spiro atoms. The van der Waals surface area contributed by atoms with E-state index in [-0.39, 0.29) is 0 Å². The van der Waals surface area contributed by atoms with Crippen molar-refractivity contribution in [2.24, 2.45) is 17.6 Å². The lowest BCUT2D eigenvalue weighted by atomic mass is 9.78. The van der Waals surface area contributed by atoms with Gasteiger partial charge in [0.2, 0.25) is 0 Å². The number of aromatic nitrogens is 1. The molecule has 98 valence electrons. The van der Waals surface area contributed by atoms with Crippen LogP contribution in [0.15, 0.2) is 36.8 Å². The zero-order valence-electron chi connectivity index (χ0n) is 11.1. The number of anilines is 1. The second-order valence-electron chi connectivity index (χ2n) is 5.36. The van der Waals surface area contributed by atoms with Gasteiger partial charge in [-0.05, 0) is 56.6 Å². The Morgan fingerprint density at radius 1 is 1.33 bits per heavy atom. The minimum atomic E-state index is 0.326. The van der Waals surface area contributed by atoms with Crippen LogP contribution in [0.1, 0.15) is 32.6 Å². The summed E-state index contributed by atoms with van der Waals surface area (Å²) in [4.78, 5) is 4.01. The summed E-state index contributed by atoms with van der Waals surface area (Å²) in [5.74, 6) is 1.27. The average Bonchev–Trinajstić information content (AvgIpc) is 2.40. The maximum absolute atomic E-state index is 5.97.